The van der Waals surface area contributed by atoms with E-state index in [4.69, 9.17) is 9.84 Å². The largest absolute Gasteiger partial charge is 0.478 e. The van der Waals surface area contributed by atoms with Gasteiger partial charge in [-0.15, -0.1) is 0 Å². The minimum absolute atomic E-state index is 0.0938. The van der Waals surface area contributed by atoms with E-state index in [0.717, 1.165) is 5.56 Å². The SMILES string of the molecule is C=CCOC(=O)Nc1cc(C(=O)O)cc(C(C)(C)C)c1. The van der Waals surface area contributed by atoms with Crippen LogP contribution in [0, 0.1) is 0 Å². The molecule has 0 atom stereocenters. The summed E-state index contributed by atoms with van der Waals surface area (Å²) < 4.78 is 4.81. The van der Waals surface area contributed by atoms with Crippen LogP contribution in [-0.2, 0) is 10.2 Å². The molecule has 1 aromatic rings. The molecule has 20 heavy (non-hydrogen) atoms. The summed E-state index contributed by atoms with van der Waals surface area (Å²) in [5.41, 5.74) is 1.10. The van der Waals surface area contributed by atoms with E-state index in [1.807, 2.05) is 20.8 Å². The first-order valence-corrected chi connectivity index (χ1v) is 6.17. The Morgan fingerprint density at radius 2 is 2.00 bits per heavy atom. The van der Waals surface area contributed by atoms with Crippen molar-refractivity contribution in [3.05, 3.63) is 42.0 Å². The highest BCUT2D eigenvalue weighted by Gasteiger charge is 2.18. The number of aromatic carboxylic acids is 1. The standard InChI is InChI=1S/C15H19NO4/c1-5-6-20-14(19)16-12-8-10(13(17)18)7-11(9-12)15(2,3)4/h5,7-9H,1,6H2,2-4H3,(H,16,19)(H,17,18). The van der Waals surface area contributed by atoms with Gasteiger partial charge in [0.1, 0.15) is 6.61 Å². The van der Waals surface area contributed by atoms with E-state index < -0.39 is 12.1 Å². The van der Waals surface area contributed by atoms with Crippen molar-refractivity contribution in [2.45, 2.75) is 26.2 Å². The fourth-order valence-electron chi connectivity index (χ4n) is 1.54. The third-order valence-corrected chi connectivity index (χ3v) is 2.62. The van der Waals surface area contributed by atoms with E-state index in [-0.39, 0.29) is 17.6 Å². The number of carbonyl (C=O) groups excluding carboxylic acids is 1. The number of carboxylic acid groups (broad SMARTS) is 1. The lowest BCUT2D eigenvalue weighted by atomic mass is 9.86. The van der Waals surface area contributed by atoms with Gasteiger partial charge in [0.2, 0.25) is 0 Å². The zero-order chi connectivity index (χ0) is 15.3. The smallest absolute Gasteiger partial charge is 0.411 e. The van der Waals surface area contributed by atoms with Gasteiger partial charge in [0.15, 0.2) is 0 Å². The fraction of sp³-hybridized carbons (Fsp3) is 0.333. The molecule has 0 unspecified atom stereocenters. The highest BCUT2D eigenvalue weighted by molar-refractivity contribution is 5.92. The van der Waals surface area contributed by atoms with Gasteiger partial charge in [0, 0.05) is 5.69 Å². The molecule has 5 nitrogen and oxygen atoms in total. The number of amides is 1. The Kier molecular flexibility index (Phi) is 4.91. The van der Waals surface area contributed by atoms with Crippen LogP contribution in [0.5, 0.6) is 0 Å². The summed E-state index contributed by atoms with van der Waals surface area (Å²) in [6.45, 7) is 9.43. The van der Waals surface area contributed by atoms with Crippen LogP contribution in [0.25, 0.3) is 0 Å². The fourth-order valence-corrected chi connectivity index (χ4v) is 1.54. The molecule has 1 rings (SSSR count). The van der Waals surface area contributed by atoms with Crippen LogP contribution in [0.3, 0.4) is 0 Å². The average molecular weight is 277 g/mol. The summed E-state index contributed by atoms with van der Waals surface area (Å²) in [4.78, 5) is 22.6. The first kappa shape index (κ1) is 15.8. The normalized spacial score (nSPS) is 10.8. The van der Waals surface area contributed by atoms with Crippen molar-refractivity contribution >= 4 is 17.7 Å². The van der Waals surface area contributed by atoms with Gasteiger partial charge >= 0.3 is 12.1 Å². The topological polar surface area (TPSA) is 75.6 Å². The monoisotopic (exact) mass is 277 g/mol. The molecule has 5 heteroatoms. The number of anilines is 1. The van der Waals surface area contributed by atoms with Crippen molar-refractivity contribution in [1.82, 2.24) is 0 Å². The van der Waals surface area contributed by atoms with E-state index in [9.17, 15) is 9.59 Å². The van der Waals surface area contributed by atoms with Crippen LogP contribution in [0.4, 0.5) is 10.5 Å². The summed E-state index contributed by atoms with van der Waals surface area (Å²) in [7, 11) is 0. The molecule has 0 saturated carbocycles. The first-order chi connectivity index (χ1) is 9.24. The van der Waals surface area contributed by atoms with Crippen LogP contribution in [-0.4, -0.2) is 23.8 Å². The van der Waals surface area contributed by atoms with Gasteiger partial charge in [0.05, 0.1) is 5.56 Å². The molecule has 0 fully saturated rings. The van der Waals surface area contributed by atoms with E-state index in [1.165, 1.54) is 12.1 Å². The van der Waals surface area contributed by atoms with E-state index >= 15 is 0 Å². The highest BCUT2D eigenvalue weighted by atomic mass is 16.5. The molecule has 1 aromatic carbocycles. The van der Waals surface area contributed by atoms with Crippen molar-refractivity contribution in [1.29, 1.82) is 0 Å². The van der Waals surface area contributed by atoms with Crippen molar-refractivity contribution in [3.8, 4) is 0 Å². The van der Waals surface area contributed by atoms with Gasteiger partial charge < -0.3 is 9.84 Å². The summed E-state index contributed by atoms with van der Waals surface area (Å²) in [6.07, 6.45) is 0.806. The Morgan fingerprint density at radius 3 is 2.50 bits per heavy atom. The molecular formula is C15H19NO4. The Labute approximate surface area is 118 Å². The van der Waals surface area contributed by atoms with Crippen molar-refractivity contribution < 1.29 is 19.4 Å². The molecule has 0 heterocycles. The molecule has 0 bridgehead atoms. The van der Waals surface area contributed by atoms with Gasteiger partial charge in [0.25, 0.3) is 0 Å². The van der Waals surface area contributed by atoms with Gasteiger partial charge in [-0.3, -0.25) is 5.32 Å². The Bertz CT molecular complexity index is 529. The Morgan fingerprint density at radius 1 is 1.35 bits per heavy atom. The minimum atomic E-state index is -1.04. The van der Waals surface area contributed by atoms with Crippen LogP contribution >= 0.6 is 0 Å². The number of ether oxygens (including phenoxy) is 1. The molecule has 0 spiro atoms. The molecule has 0 aliphatic carbocycles. The van der Waals surface area contributed by atoms with Crippen molar-refractivity contribution in [2.24, 2.45) is 0 Å². The molecule has 2 N–H and O–H groups in total. The number of hydrogen-bond donors (Lipinski definition) is 2. The van der Waals surface area contributed by atoms with Gasteiger partial charge in [-0.25, -0.2) is 9.59 Å². The molecule has 0 aliphatic rings. The van der Waals surface area contributed by atoms with E-state index in [1.54, 1.807) is 12.1 Å². The molecule has 0 aromatic heterocycles. The predicted octanol–water partition coefficient (Wildman–Crippen LogP) is 3.42. The lowest BCUT2D eigenvalue weighted by Gasteiger charge is -2.20. The predicted molar refractivity (Wildman–Crippen MR) is 77.3 cm³/mol. The third-order valence-electron chi connectivity index (χ3n) is 2.62. The maximum absolute atomic E-state index is 11.5. The number of hydrogen-bond acceptors (Lipinski definition) is 3. The molecule has 108 valence electrons. The second-order valence-corrected chi connectivity index (χ2v) is 5.37. The lowest BCUT2D eigenvalue weighted by Crippen LogP contribution is -2.17. The van der Waals surface area contributed by atoms with Gasteiger partial charge in [-0.05, 0) is 29.2 Å². The number of rotatable bonds is 4. The Hall–Kier alpha value is -2.30. The van der Waals surface area contributed by atoms with E-state index in [0.29, 0.717) is 5.69 Å². The maximum atomic E-state index is 11.5. The van der Waals surface area contributed by atoms with Crippen LogP contribution in [0.2, 0.25) is 0 Å². The van der Waals surface area contributed by atoms with Crippen molar-refractivity contribution in [3.63, 3.8) is 0 Å². The van der Waals surface area contributed by atoms with Gasteiger partial charge in [-0.1, -0.05) is 33.4 Å². The second-order valence-electron chi connectivity index (χ2n) is 5.37. The molecule has 0 aliphatic heterocycles. The van der Waals surface area contributed by atoms with Gasteiger partial charge in [-0.2, -0.15) is 0 Å². The summed E-state index contributed by atoms with van der Waals surface area (Å²) >= 11 is 0. The molecular weight excluding hydrogens is 258 g/mol. The van der Waals surface area contributed by atoms with Crippen LogP contribution < -0.4 is 5.32 Å². The molecule has 0 saturated heterocycles. The Balaban J connectivity index is 3.06. The quantitative estimate of drug-likeness (QED) is 0.827. The summed E-state index contributed by atoms with van der Waals surface area (Å²) in [6, 6.07) is 4.73. The molecule has 0 radical (unpaired) electrons. The average Bonchev–Trinajstić information content (AvgIpc) is 2.34. The van der Waals surface area contributed by atoms with Crippen LogP contribution in [0.1, 0.15) is 36.7 Å². The number of carbonyl (C=O) groups is 2. The number of nitrogens with one attached hydrogen (secondary N) is 1. The van der Waals surface area contributed by atoms with Crippen LogP contribution in [0.15, 0.2) is 30.9 Å². The zero-order valence-electron chi connectivity index (χ0n) is 11.9. The number of benzene rings is 1. The zero-order valence-corrected chi connectivity index (χ0v) is 11.9. The third kappa shape index (κ3) is 4.42. The lowest BCUT2D eigenvalue weighted by molar-refractivity contribution is 0.0696. The number of carboxylic acids is 1. The van der Waals surface area contributed by atoms with Crippen molar-refractivity contribution in [2.75, 3.05) is 11.9 Å². The van der Waals surface area contributed by atoms with E-state index in [2.05, 4.69) is 11.9 Å². The summed E-state index contributed by atoms with van der Waals surface area (Å²) in [5.74, 6) is -1.04. The molecule has 1 amide bonds. The minimum Gasteiger partial charge on any atom is -0.478 e. The summed E-state index contributed by atoms with van der Waals surface area (Å²) in [5, 5.41) is 11.6. The first-order valence-electron chi connectivity index (χ1n) is 6.17. The highest BCUT2D eigenvalue weighted by Crippen LogP contribution is 2.26. The maximum Gasteiger partial charge on any atom is 0.411 e. The second kappa shape index (κ2) is 6.23.